The first-order chi connectivity index (χ1) is 12.1. The Hall–Kier alpha value is -3.17. The molecule has 130 valence electrons. The first kappa shape index (κ1) is 15.4. The zero-order valence-corrected chi connectivity index (χ0v) is 14.0. The summed E-state index contributed by atoms with van der Waals surface area (Å²) < 4.78 is 2.46. The number of H-pyrrole nitrogens is 1. The van der Waals surface area contributed by atoms with Gasteiger partial charge in [0.1, 0.15) is 0 Å². The molecular formula is C15H18N8O2. The lowest BCUT2D eigenvalue weighted by molar-refractivity contribution is 0.630. The molecule has 3 aromatic heterocycles. The molecule has 10 heteroatoms. The molecule has 1 N–H and O–H groups in total. The van der Waals surface area contributed by atoms with Gasteiger partial charge in [0.05, 0.1) is 0 Å². The molecule has 0 amide bonds. The van der Waals surface area contributed by atoms with Crippen LogP contribution in [0.1, 0.15) is 0 Å². The molecule has 1 fully saturated rings. The van der Waals surface area contributed by atoms with Crippen LogP contribution in [0.4, 0.5) is 11.9 Å². The Kier molecular flexibility index (Phi) is 3.52. The predicted octanol–water partition coefficient (Wildman–Crippen LogP) is -0.923. The predicted molar refractivity (Wildman–Crippen MR) is 93.0 cm³/mol. The van der Waals surface area contributed by atoms with E-state index >= 15 is 0 Å². The molecule has 0 aliphatic carbocycles. The molecule has 4 heterocycles. The summed E-state index contributed by atoms with van der Waals surface area (Å²) in [5, 5.41) is 0. The van der Waals surface area contributed by atoms with Gasteiger partial charge < -0.3 is 14.8 Å². The number of aromatic amines is 1. The van der Waals surface area contributed by atoms with Gasteiger partial charge in [0.15, 0.2) is 11.2 Å². The number of nitrogens with one attached hydrogen (secondary N) is 1. The maximum atomic E-state index is 12.3. The first-order valence-electron chi connectivity index (χ1n) is 7.99. The molecule has 1 saturated heterocycles. The number of piperazine rings is 1. The fourth-order valence-electron chi connectivity index (χ4n) is 3.04. The number of hydrogen-bond acceptors (Lipinski definition) is 7. The number of imidazole rings is 1. The maximum Gasteiger partial charge on any atom is 0.332 e. The average Bonchev–Trinajstić information content (AvgIpc) is 3.11. The third kappa shape index (κ3) is 2.46. The smallest absolute Gasteiger partial charge is 0.332 e. The molecule has 4 rings (SSSR count). The van der Waals surface area contributed by atoms with E-state index in [9.17, 15) is 9.59 Å². The molecule has 0 atom stereocenters. The molecule has 1 aliphatic heterocycles. The Bertz CT molecular complexity index is 1030. The van der Waals surface area contributed by atoms with E-state index in [-0.39, 0.29) is 11.2 Å². The van der Waals surface area contributed by atoms with Gasteiger partial charge in [-0.3, -0.25) is 13.9 Å². The van der Waals surface area contributed by atoms with Crippen molar-refractivity contribution in [2.75, 3.05) is 36.0 Å². The monoisotopic (exact) mass is 342 g/mol. The van der Waals surface area contributed by atoms with Crippen LogP contribution in [0.5, 0.6) is 0 Å². The van der Waals surface area contributed by atoms with Gasteiger partial charge in [0.25, 0.3) is 5.56 Å². The van der Waals surface area contributed by atoms with Crippen LogP contribution < -0.4 is 21.0 Å². The highest BCUT2D eigenvalue weighted by Gasteiger charge is 2.22. The molecule has 0 aromatic carbocycles. The van der Waals surface area contributed by atoms with Crippen molar-refractivity contribution in [3.8, 4) is 0 Å². The SMILES string of the molecule is Cn1c(=O)c2[nH]c(N3CCN(c4ncccn4)CC3)nc2n(C)c1=O. The molecule has 25 heavy (non-hydrogen) atoms. The van der Waals surface area contributed by atoms with Crippen LogP contribution >= 0.6 is 0 Å². The lowest BCUT2D eigenvalue weighted by Gasteiger charge is -2.34. The zero-order valence-electron chi connectivity index (χ0n) is 14.0. The van der Waals surface area contributed by atoms with E-state index in [2.05, 4.69) is 29.7 Å². The molecule has 3 aromatic rings. The highest BCUT2D eigenvalue weighted by atomic mass is 16.2. The highest BCUT2D eigenvalue weighted by Crippen LogP contribution is 2.17. The van der Waals surface area contributed by atoms with Crippen molar-refractivity contribution in [2.45, 2.75) is 0 Å². The van der Waals surface area contributed by atoms with Gasteiger partial charge in [-0.25, -0.2) is 14.8 Å². The summed E-state index contributed by atoms with van der Waals surface area (Å²) in [5.74, 6) is 1.31. The quantitative estimate of drug-likeness (QED) is 0.642. The van der Waals surface area contributed by atoms with Gasteiger partial charge in [0.2, 0.25) is 11.9 Å². The summed E-state index contributed by atoms with van der Waals surface area (Å²) in [6.07, 6.45) is 3.45. The van der Waals surface area contributed by atoms with Gasteiger partial charge >= 0.3 is 5.69 Å². The topological polar surface area (TPSA) is 105 Å². The molecule has 0 unspecified atom stereocenters. The summed E-state index contributed by atoms with van der Waals surface area (Å²) in [4.78, 5) is 44.5. The van der Waals surface area contributed by atoms with Crippen molar-refractivity contribution in [2.24, 2.45) is 14.1 Å². The normalized spacial score (nSPS) is 15.1. The van der Waals surface area contributed by atoms with Crippen molar-refractivity contribution in [3.05, 3.63) is 39.3 Å². The van der Waals surface area contributed by atoms with E-state index in [0.717, 1.165) is 17.7 Å². The first-order valence-corrected chi connectivity index (χ1v) is 7.99. The van der Waals surface area contributed by atoms with Crippen LogP contribution in [0.3, 0.4) is 0 Å². The van der Waals surface area contributed by atoms with Crippen molar-refractivity contribution >= 4 is 23.1 Å². The van der Waals surface area contributed by atoms with Crippen LogP contribution in [0.25, 0.3) is 11.2 Å². The Labute approximate surface area is 142 Å². The zero-order chi connectivity index (χ0) is 17.6. The highest BCUT2D eigenvalue weighted by molar-refractivity contribution is 5.73. The van der Waals surface area contributed by atoms with Crippen LogP contribution in [-0.2, 0) is 14.1 Å². The third-order valence-electron chi connectivity index (χ3n) is 4.50. The van der Waals surface area contributed by atoms with E-state index in [1.807, 2.05) is 0 Å². The molecule has 0 bridgehead atoms. The van der Waals surface area contributed by atoms with Crippen molar-refractivity contribution in [3.63, 3.8) is 0 Å². The largest absolute Gasteiger partial charge is 0.339 e. The van der Waals surface area contributed by atoms with E-state index in [1.54, 1.807) is 25.5 Å². The van der Waals surface area contributed by atoms with E-state index in [0.29, 0.717) is 36.2 Å². The average molecular weight is 342 g/mol. The molecule has 10 nitrogen and oxygen atoms in total. The maximum absolute atomic E-state index is 12.3. The van der Waals surface area contributed by atoms with Crippen LogP contribution in [0.15, 0.2) is 28.0 Å². The second-order valence-electron chi connectivity index (χ2n) is 5.99. The standard InChI is InChI=1S/C15H18N8O2/c1-20-11-10(12(24)21(2)15(20)25)18-14(19-11)23-8-6-22(7-9-23)13-16-4-3-5-17-13/h3-5H,6-9H2,1-2H3,(H,18,19). The number of hydrogen-bond donors (Lipinski definition) is 1. The van der Waals surface area contributed by atoms with Crippen LogP contribution in [-0.4, -0.2) is 55.2 Å². The molecular weight excluding hydrogens is 324 g/mol. The Morgan fingerprint density at radius 3 is 2.28 bits per heavy atom. The minimum absolute atomic E-state index is 0.341. The summed E-state index contributed by atoms with van der Waals surface area (Å²) >= 11 is 0. The number of aromatic nitrogens is 6. The Balaban J connectivity index is 1.62. The molecule has 0 spiro atoms. The molecule has 0 saturated carbocycles. The van der Waals surface area contributed by atoms with Crippen LogP contribution in [0, 0.1) is 0 Å². The summed E-state index contributed by atoms with van der Waals surface area (Å²) in [6.45, 7) is 2.93. The van der Waals surface area contributed by atoms with Crippen molar-refractivity contribution in [1.82, 2.24) is 29.1 Å². The second kappa shape index (κ2) is 5.72. The molecule has 1 aliphatic rings. The third-order valence-corrected chi connectivity index (χ3v) is 4.50. The fourth-order valence-corrected chi connectivity index (χ4v) is 3.04. The van der Waals surface area contributed by atoms with Gasteiger partial charge in [-0.1, -0.05) is 0 Å². The lowest BCUT2D eigenvalue weighted by atomic mass is 10.3. The van der Waals surface area contributed by atoms with E-state index in [4.69, 9.17) is 0 Å². The van der Waals surface area contributed by atoms with Crippen molar-refractivity contribution < 1.29 is 0 Å². The van der Waals surface area contributed by atoms with Crippen LogP contribution in [0.2, 0.25) is 0 Å². The van der Waals surface area contributed by atoms with Gasteiger partial charge in [-0.2, -0.15) is 4.98 Å². The van der Waals surface area contributed by atoms with Gasteiger partial charge in [-0.15, -0.1) is 0 Å². The number of nitrogens with zero attached hydrogens (tertiary/aromatic N) is 7. The number of aryl methyl sites for hydroxylation is 1. The summed E-state index contributed by atoms with van der Waals surface area (Å²) in [7, 11) is 3.07. The fraction of sp³-hybridized carbons (Fsp3) is 0.400. The Morgan fingerprint density at radius 2 is 1.60 bits per heavy atom. The minimum Gasteiger partial charge on any atom is -0.339 e. The van der Waals surface area contributed by atoms with Gasteiger partial charge in [-0.05, 0) is 6.07 Å². The van der Waals surface area contributed by atoms with E-state index < -0.39 is 0 Å². The second-order valence-corrected chi connectivity index (χ2v) is 5.99. The Morgan fingerprint density at radius 1 is 0.960 bits per heavy atom. The molecule has 0 radical (unpaired) electrons. The number of anilines is 2. The lowest BCUT2D eigenvalue weighted by Crippen LogP contribution is -2.47. The van der Waals surface area contributed by atoms with Gasteiger partial charge in [0, 0.05) is 52.7 Å². The summed E-state index contributed by atoms with van der Waals surface area (Å²) in [6, 6.07) is 1.79. The van der Waals surface area contributed by atoms with E-state index in [1.165, 1.54) is 11.6 Å². The summed E-state index contributed by atoms with van der Waals surface area (Å²) in [5.41, 5.74) is -0.0416. The minimum atomic E-state index is -0.387. The van der Waals surface area contributed by atoms with Crippen molar-refractivity contribution in [1.29, 1.82) is 0 Å². The number of rotatable bonds is 2. The number of fused-ring (bicyclic) bond motifs is 1.